The van der Waals surface area contributed by atoms with Gasteiger partial charge in [-0.3, -0.25) is 9.05 Å². The molecule has 0 aliphatic heterocycles. The molecule has 8 nitrogen and oxygen atoms in total. The van der Waals surface area contributed by atoms with E-state index < -0.39 is 19.8 Å². The number of phosphoric ester groups is 1. The molecular weight excluding hydrogens is 359 g/mol. The summed E-state index contributed by atoms with van der Waals surface area (Å²) in [7, 11) is -3.82. The molecule has 0 aromatic carbocycles. The fraction of sp³-hybridized carbons (Fsp3) is 0.571. The first kappa shape index (κ1) is 22.9. The van der Waals surface area contributed by atoms with Gasteiger partial charge in [0.15, 0.2) is 0 Å². The van der Waals surface area contributed by atoms with Gasteiger partial charge in [0, 0.05) is 24.0 Å². The average molecular weight is 382 g/mol. The van der Waals surface area contributed by atoms with Gasteiger partial charge in [0.05, 0.1) is 26.4 Å². The lowest BCUT2D eigenvalue weighted by Gasteiger charge is -2.15. The van der Waals surface area contributed by atoms with Crippen LogP contribution in [0.15, 0.2) is 24.3 Å². The van der Waals surface area contributed by atoms with Gasteiger partial charge in [0.1, 0.15) is 0 Å². The Kier molecular flexibility index (Phi) is 11.7. The minimum Gasteiger partial charge on any atom is -0.462 e. The predicted octanol–water partition coefficient (Wildman–Crippen LogP) is 3.01. The summed E-state index contributed by atoms with van der Waals surface area (Å²) in [5.41, 5.74) is 0.576. The number of rotatable bonds is 13. The highest BCUT2D eigenvalue weighted by Gasteiger charge is 2.25. The molecule has 0 saturated heterocycles. The van der Waals surface area contributed by atoms with Crippen LogP contribution in [0.5, 0.6) is 0 Å². The zero-order valence-electron chi connectivity index (χ0n) is 13.8. The number of thiol groups is 1. The van der Waals surface area contributed by atoms with Crippen molar-refractivity contribution in [2.24, 2.45) is 0 Å². The zero-order valence-corrected chi connectivity index (χ0v) is 15.6. The summed E-state index contributed by atoms with van der Waals surface area (Å²) in [6, 6.07) is 0. The molecule has 0 saturated carbocycles. The van der Waals surface area contributed by atoms with E-state index in [0.717, 1.165) is 0 Å². The van der Waals surface area contributed by atoms with E-state index in [4.69, 9.17) is 18.5 Å². The summed E-state index contributed by atoms with van der Waals surface area (Å²) >= 11 is 3.46. The van der Waals surface area contributed by atoms with Gasteiger partial charge in [0.2, 0.25) is 0 Å². The molecule has 0 aromatic rings. The molecule has 0 aliphatic carbocycles. The van der Waals surface area contributed by atoms with Crippen molar-refractivity contribution in [2.75, 3.05) is 26.4 Å². The van der Waals surface area contributed by atoms with Gasteiger partial charge in [0.25, 0.3) is 0 Å². The van der Waals surface area contributed by atoms with Crippen molar-refractivity contribution >= 4 is 32.7 Å². The normalized spacial score (nSPS) is 11.0. The van der Waals surface area contributed by atoms with E-state index in [2.05, 4.69) is 30.0 Å². The predicted molar refractivity (Wildman–Crippen MR) is 90.4 cm³/mol. The summed E-state index contributed by atoms with van der Waals surface area (Å²) in [5.74, 6) is -1.02. The molecule has 138 valence electrons. The third-order valence-electron chi connectivity index (χ3n) is 2.34. The van der Waals surface area contributed by atoms with Crippen molar-refractivity contribution in [1.82, 2.24) is 0 Å². The van der Waals surface area contributed by atoms with Crippen molar-refractivity contribution in [3.63, 3.8) is 0 Å². The van der Waals surface area contributed by atoms with Crippen LogP contribution in [-0.2, 0) is 36.6 Å². The van der Waals surface area contributed by atoms with Gasteiger partial charge >= 0.3 is 19.8 Å². The lowest BCUT2D eigenvalue weighted by atomic mass is 10.4. The molecule has 0 atom stereocenters. The second-order valence-electron chi connectivity index (χ2n) is 4.73. The molecule has 0 N–H and O–H groups in total. The summed E-state index contributed by atoms with van der Waals surface area (Å²) < 4.78 is 36.1. The molecular formula is C14H23O8PS. The van der Waals surface area contributed by atoms with Gasteiger partial charge in [-0.05, 0) is 26.8 Å². The highest BCUT2D eigenvalue weighted by molar-refractivity contribution is 7.80. The topological polar surface area (TPSA) is 97.4 Å². The molecule has 0 unspecified atom stereocenters. The molecule has 0 heterocycles. The van der Waals surface area contributed by atoms with Crippen LogP contribution in [0.25, 0.3) is 0 Å². The van der Waals surface area contributed by atoms with Crippen molar-refractivity contribution < 1.29 is 36.6 Å². The fourth-order valence-corrected chi connectivity index (χ4v) is 2.29. The molecule has 24 heavy (non-hydrogen) atoms. The number of hydrogen-bond donors (Lipinski definition) is 1. The van der Waals surface area contributed by atoms with Crippen molar-refractivity contribution in [1.29, 1.82) is 0 Å². The number of hydrogen-bond acceptors (Lipinski definition) is 9. The van der Waals surface area contributed by atoms with Gasteiger partial charge in [-0.15, -0.1) is 0 Å². The molecule has 10 heteroatoms. The van der Waals surface area contributed by atoms with Crippen molar-refractivity contribution in [3.8, 4) is 0 Å². The minimum atomic E-state index is -3.82. The zero-order chi connectivity index (χ0) is 18.6. The van der Waals surface area contributed by atoms with E-state index in [0.29, 0.717) is 12.8 Å². The van der Waals surface area contributed by atoms with Crippen LogP contribution in [-0.4, -0.2) is 38.4 Å². The number of ether oxygens (including phenoxy) is 2. The Morgan fingerprint density at radius 3 is 1.54 bits per heavy atom. The van der Waals surface area contributed by atoms with Crippen LogP contribution in [0.2, 0.25) is 0 Å². The van der Waals surface area contributed by atoms with Gasteiger partial charge in [-0.1, -0.05) is 13.2 Å². The minimum absolute atomic E-state index is 0.0219. The molecule has 0 radical (unpaired) electrons. The molecule has 0 aliphatic rings. The highest BCUT2D eigenvalue weighted by atomic mass is 32.1. The summed E-state index contributed by atoms with van der Waals surface area (Å²) in [6.07, 6.45) is 0.583. The van der Waals surface area contributed by atoms with Crippen LogP contribution in [0.3, 0.4) is 0 Å². The second-order valence-corrected chi connectivity index (χ2v) is 6.80. The first-order valence-corrected chi connectivity index (χ1v) is 8.92. The Balaban J connectivity index is 3.90. The van der Waals surface area contributed by atoms with Crippen molar-refractivity contribution in [2.45, 2.75) is 26.7 Å². The van der Waals surface area contributed by atoms with Crippen LogP contribution < -0.4 is 0 Å². The number of carbonyl (C=O) groups is 2. The first-order valence-electron chi connectivity index (χ1n) is 7.09. The average Bonchev–Trinajstić information content (AvgIpc) is 2.53. The molecule has 0 bridgehead atoms. The second kappa shape index (κ2) is 12.3. The van der Waals surface area contributed by atoms with Gasteiger partial charge < -0.3 is 9.47 Å². The van der Waals surface area contributed by atoms with Gasteiger partial charge in [-0.2, -0.15) is 0 Å². The van der Waals surface area contributed by atoms with E-state index in [1.807, 2.05) is 0 Å². The van der Waals surface area contributed by atoms with Crippen LogP contribution >= 0.6 is 20.7 Å². The van der Waals surface area contributed by atoms with Gasteiger partial charge in [-0.25, -0.2) is 18.1 Å². The third-order valence-corrected chi connectivity index (χ3v) is 4.14. The Hall–Kier alpha value is -1.12. The van der Waals surface area contributed by atoms with Crippen molar-refractivity contribution in [3.05, 3.63) is 24.3 Å². The number of phosphoric acid groups is 1. The summed E-state index contributed by atoms with van der Waals surface area (Å²) in [5, 5.41) is 0. The summed E-state index contributed by atoms with van der Waals surface area (Å²) in [4.78, 5) is 22.3. The SMILES string of the molecule is C=C(C)C(=O)OCCCOP(=O)(OS)OCCCOC(=O)C(=C)C. The van der Waals surface area contributed by atoms with E-state index in [-0.39, 0.29) is 37.6 Å². The Morgan fingerprint density at radius 1 is 0.875 bits per heavy atom. The maximum absolute atomic E-state index is 12.0. The lowest BCUT2D eigenvalue weighted by Crippen LogP contribution is -2.09. The third kappa shape index (κ3) is 10.6. The maximum atomic E-state index is 12.0. The Labute approximate surface area is 147 Å². The standard InChI is InChI=1S/C14H23O8PS/c1-11(2)13(15)18-7-5-9-20-23(17,22-24)21-10-6-8-19-14(16)12(3)4/h24H,1,3,5-10H2,2,4H3. The number of esters is 2. The fourth-order valence-electron chi connectivity index (χ4n) is 1.13. The van der Waals surface area contributed by atoms with E-state index in [1.165, 1.54) is 13.8 Å². The van der Waals surface area contributed by atoms with E-state index in [9.17, 15) is 14.2 Å². The van der Waals surface area contributed by atoms with Crippen LogP contribution in [0.4, 0.5) is 0 Å². The smallest absolute Gasteiger partial charge is 0.462 e. The Morgan fingerprint density at radius 2 is 1.25 bits per heavy atom. The molecule has 0 amide bonds. The molecule has 0 spiro atoms. The summed E-state index contributed by atoms with van der Waals surface area (Å²) in [6.45, 7) is 10.1. The monoisotopic (exact) mass is 382 g/mol. The maximum Gasteiger partial charge on any atom is 0.485 e. The lowest BCUT2D eigenvalue weighted by molar-refractivity contribution is -0.140. The first-order chi connectivity index (χ1) is 11.2. The molecule has 0 rings (SSSR count). The van der Waals surface area contributed by atoms with E-state index >= 15 is 0 Å². The Bertz CT molecular complexity index is 465. The molecule has 0 aromatic heterocycles. The van der Waals surface area contributed by atoms with E-state index in [1.54, 1.807) is 0 Å². The number of carbonyl (C=O) groups excluding carboxylic acids is 2. The van der Waals surface area contributed by atoms with Crippen LogP contribution in [0.1, 0.15) is 26.7 Å². The molecule has 0 fully saturated rings. The quantitative estimate of drug-likeness (QED) is 0.130. The highest BCUT2D eigenvalue weighted by Crippen LogP contribution is 2.50. The largest absolute Gasteiger partial charge is 0.485 e. The van der Waals surface area contributed by atoms with Crippen LogP contribution in [0, 0.1) is 0 Å².